The zero-order chi connectivity index (χ0) is 11.8. The van der Waals surface area contributed by atoms with E-state index in [-0.39, 0.29) is 11.7 Å². The lowest BCUT2D eigenvalue weighted by atomic mass is 10.3. The lowest BCUT2D eigenvalue weighted by Crippen LogP contribution is -2.25. The first kappa shape index (κ1) is 12.5. The Morgan fingerprint density at radius 2 is 2.19 bits per heavy atom. The molecule has 0 aliphatic rings. The molecule has 0 aromatic heterocycles. The molecule has 0 atom stereocenters. The van der Waals surface area contributed by atoms with E-state index in [1.807, 2.05) is 6.92 Å². The highest BCUT2D eigenvalue weighted by molar-refractivity contribution is 5.76. The molecule has 0 radical (unpaired) electrons. The summed E-state index contributed by atoms with van der Waals surface area (Å²) in [6.45, 7) is 3.23. The molecule has 0 aliphatic carbocycles. The van der Waals surface area contributed by atoms with Gasteiger partial charge in [-0.25, -0.2) is 4.39 Å². The molecule has 0 bridgehead atoms. The van der Waals surface area contributed by atoms with Crippen LogP contribution in [0.1, 0.15) is 19.8 Å². The van der Waals surface area contributed by atoms with E-state index in [0.29, 0.717) is 25.2 Å². The summed E-state index contributed by atoms with van der Waals surface area (Å²) >= 11 is 0. The van der Waals surface area contributed by atoms with Crippen LogP contribution in [0.25, 0.3) is 0 Å². The molecule has 1 aromatic rings. The van der Waals surface area contributed by atoms with Crippen molar-refractivity contribution in [2.75, 3.05) is 18.4 Å². The maximum absolute atomic E-state index is 12.8. The van der Waals surface area contributed by atoms with Gasteiger partial charge in [0.05, 0.1) is 0 Å². The molecular formula is C12H17FN2O. The lowest BCUT2D eigenvalue weighted by molar-refractivity contribution is -0.120. The number of amides is 1. The van der Waals surface area contributed by atoms with Crippen LogP contribution in [0, 0.1) is 5.82 Å². The third-order valence-corrected chi connectivity index (χ3v) is 2.08. The van der Waals surface area contributed by atoms with Crippen LogP contribution in [0.3, 0.4) is 0 Å². The topological polar surface area (TPSA) is 41.1 Å². The zero-order valence-electron chi connectivity index (χ0n) is 9.42. The fourth-order valence-electron chi connectivity index (χ4n) is 1.27. The first-order valence-electron chi connectivity index (χ1n) is 5.48. The fourth-order valence-corrected chi connectivity index (χ4v) is 1.27. The number of benzene rings is 1. The van der Waals surface area contributed by atoms with Crippen LogP contribution in [0.5, 0.6) is 0 Å². The molecular weight excluding hydrogens is 207 g/mol. The highest BCUT2D eigenvalue weighted by atomic mass is 19.1. The number of hydrogen-bond acceptors (Lipinski definition) is 2. The van der Waals surface area contributed by atoms with Gasteiger partial charge in [0, 0.05) is 25.2 Å². The van der Waals surface area contributed by atoms with Gasteiger partial charge >= 0.3 is 0 Å². The van der Waals surface area contributed by atoms with Gasteiger partial charge in [0.2, 0.25) is 5.91 Å². The maximum Gasteiger partial charge on any atom is 0.221 e. The van der Waals surface area contributed by atoms with E-state index in [1.165, 1.54) is 12.1 Å². The molecule has 2 N–H and O–H groups in total. The Kier molecular flexibility index (Phi) is 5.32. The second kappa shape index (κ2) is 6.82. The second-order valence-corrected chi connectivity index (χ2v) is 3.54. The predicted octanol–water partition coefficient (Wildman–Crippen LogP) is 2.15. The Morgan fingerprint density at radius 1 is 1.38 bits per heavy atom. The van der Waals surface area contributed by atoms with Gasteiger partial charge in [0.15, 0.2) is 0 Å². The van der Waals surface area contributed by atoms with Crippen LogP contribution in [0.2, 0.25) is 0 Å². The van der Waals surface area contributed by atoms with Gasteiger partial charge in [-0.05, 0) is 24.6 Å². The average molecular weight is 224 g/mol. The van der Waals surface area contributed by atoms with Gasteiger partial charge in [0.1, 0.15) is 5.82 Å². The molecule has 1 aromatic carbocycles. The van der Waals surface area contributed by atoms with Crippen LogP contribution in [-0.2, 0) is 4.79 Å². The van der Waals surface area contributed by atoms with E-state index in [4.69, 9.17) is 0 Å². The third kappa shape index (κ3) is 4.77. The number of carbonyl (C=O) groups excluding carboxylic acids is 1. The molecule has 1 rings (SSSR count). The Morgan fingerprint density at radius 3 is 2.88 bits per heavy atom. The van der Waals surface area contributed by atoms with Crippen molar-refractivity contribution >= 4 is 11.6 Å². The summed E-state index contributed by atoms with van der Waals surface area (Å²) in [4.78, 5) is 11.2. The van der Waals surface area contributed by atoms with Crippen molar-refractivity contribution < 1.29 is 9.18 Å². The SMILES string of the molecule is CCCNC(=O)CCNc1cccc(F)c1. The van der Waals surface area contributed by atoms with E-state index in [1.54, 1.807) is 12.1 Å². The van der Waals surface area contributed by atoms with Crippen molar-refractivity contribution in [3.63, 3.8) is 0 Å². The normalized spacial score (nSPS) is 9.88. The standard InChI is InChI=1S/C12H17FN2O/c1-2-7-15-12(16)6-8-14-11-5-3-4-10(13)9-11/h3-5,9,14H,2,6-8H2,1H3,(H,15,16). The van der Waals surface area contributed by atoms with Crippen molar-refractivity contribution in [2.24, 2.45) is 0 Å². The number of rotatable bonds is 6. The van der Waals surface area contributed by atoms with Crippen LogP contribution >= 0.6 is 0 Å². The molecule has 88 valence electrons. The van der Waals surface area contributed by atoms with Gasteiger partial charge in [-0.15, -0.1) is 0 Å². The first-order chi connectivity index (χ1) is 7.72. The largest absolute Gasteiger partial charge is 0.384 e. The van der Waals surface area contributed by atoms with Crippen LogP contribution < -0.4 is 10.6 Å². The zero-order valence-corrected chi connectivity index (χ0v) is 9.42. The monoisotopic (exact) mass is 224 g/mol. The number of hydrogen-bond donors (Lipinski definition) is 2. The maximum atomic E-state index is 12.8. The van der Waals surface area contributed by atoms with Gasteiger partial charge in [-0.2, -0.15) is 0 Å². The summed E-state index contributed by atoms with van der Waals surface area (Å²) in [7, 11) is 0. The summed E-state index contributed by atoms with van der Waals surface area (Å²) in [5.41, 5.74) is 0.697. The summed E-state index contributed by atoms with van der Waals surface area (Å²) in [6.07, 6.45) is 1.33. The number of halogens is 1. The Bertz CT molecular complexity index is 342. The highest BCUT2D eigenvalue weighted by Crippen LogP contribution is 2.08. The molecule has 0 unspecified atom stereocenters. The number of nitrogens with one attached hydrogen (secondary N) is 2. The van der Waals surface area contributed by atoms with E-state index in [0.717, 1.165) is 6.42 Å². The molecule has 0 saturated carbocycles. The molecule has 0 fully saturated rings. The molecule has 3 nitrogen and oxygen atoms in total. The Hall–Kier alpha value is -1.58. The molecule has 16 heavy (non-hydrogen) atoms. The smallest absolute Gasteiger partial charge is 0.221 e. The Balaban J connectivity index is 2.22. The lowest BCUT2D eigenvalue weighted by Gasteiger charge is -2.06. The van der Waals surface area contributed by atoms with Gasteiger partial charge in [0.25, 0.3) is 0 Å². The van der Waals surface area contributed by atoms with Crippen molar-refractivity contribution in [1.82, 2.24) is 5.32 Å². The third-order valence-electron chi connectivity index (χ3n) is 2.08. The minimum absolute atomic E-state index is 0.0192. The van der Waals surface area contributed by atoms with E-state index < -0.39 is 0 Å². The van der Waals surface area contributed by atoms with Crippen molar-refractivity contribution in [1.29, 1.82) is 0 Å². The van der Waals surface area contributed by atoms with Gasteiger partial charge < -0.3 is 10.6 Å². The van der Waals surface area contributed by atoms with Crippen LogP contribution in [-0.4, -0.2) is 19.0 Å². The first-order valence-corrected chi connectivity index (χ1v) is 5.48. The summed E-state index contributed by atoms with van der Waals surface area (Å²) in [5.74, 6) is -0.258. The van der Waals surface area contributed by atoms with E-state index >= 15 is 0 Å². The van der Waals surface area contributed by atoms with Gasteiger partial charge in [-0.3, -0.25) is 4.79 Å². The Labute approximate surface area is 95.0 Å². The van der Waals surface area contributed by atoms with E-state index in [9.17, 15) is 9.18 Å². The molecule has 0 saturated heterocycles. The quantitative estimate of drug-likeness (QED) is 0.777. The molecule has 0 heterocycles. The average Bonchev–Trinajstić information content (AvgIpc) is 2.26. The van der Waals surface area contributed by atoms with Crippen molar-refractivity contribution in [3.05, 3.63) is 30.1 Å². The number of carbonyl (C=O) groups is 1. The minimum atomic E-state index is -0.277. The number of anilines is 1. The highest BCUT2D eigenvalue weighted by Gasteiger charge is 1.99. The second-order valence-electron chi connectivity index (χ2n) is 3.54. The molecule has 0 aliphatic heterocycles. The summed E-state index contributed by atoms with van der Waals surface area (Å²) < 4.78 is 12.8. The van der Waals surface area contributed by atoms with Crippen LogP contribution in [0.15, 0.2) is 24.3 Å². The molecule has 1 amide bonds. The van der Waals surface area contributed by atoms with Gasteiger partial charge in [-0.1, -0.05) is 13.0 Å². The van der Waals surface area contributed by atoms with E-state index in [2.05, 4.69) is 10.6 Å². The summed E-state index contributed by atoms with van der Waals surface area (Å²) in [6, 6.07) is 6.20. The minimum Gasteiger partial charge on any atom is -0.384 e. The van der Waals surface area contributed by atoms with Crippen molar-refractivity contribution in [2.45, 2.75) is 19.8 Å². The van der Waals surface area contributed by atoms with Crippen molar-refractivity contribution in [3.8, 4) is 0 Å². The fraction of sp³-hybridized carbons (Fsp3) is 0.417. The predicted molar refractivity (Wildman–Crippen MR) is 62.8 cm³/mol. The molecule has 4 heteroatoms. The summed E-state index contributed by atoms with van der Waals surface area (Å²) in [5, 5.41) is 5.77. The van der Waals surface area contributed by atoms with Crippen LogP contribution in [0.4, 0.5) is 10.1 Å². The molecule has 0 spiro atoms.